The number of aromatic nitrogens is 3. The molecule has 4 rings (SSSR count). The molecule has 1 unspecified atom stereocenters. The number of nitrogens with one attached hydrogen (secondary N) is 2. The molecule has 6 nitrogen and oxygen atoms in total. The van der Waals surface area contributed by atoms with Crippen LogP contribution in [0.3, 0.4) is 0 Å². The minimum atomic E-state index is -0.426. The fourth-order valence-corrected chi connectivity index (χ4v) is 4.20. The number of H-pyrrole nitrogens is 2. The lowest BCUT2D eigenvalue weighted by atomic mass is 10.1. The van der Waals surface area contributed by atoms with Gasteiger partial charge in [-0.15, -0.1) is 0 Å². The van der Waals surface area contributed by atoms with E-state index in [2.05, 4.69) is 37.4 Å². The van der Waals surface area contributed by atoms with Crippen molar-refractivity contribution >= 4 is 21.6 Å². The summed E-state index contributed by atoms with van der Waals surface area (Å²) >= 11 is 1.55. The molecule has 0 radical (unpaired) electrons. The molecule has 1 saturated heterocycles. The van der Waals surface area contributed by atoms with Gasteiger partial charge in [0.1, 0.15) is 0 Å². The first-order chi connectivity index (χ1) is 11.7. The maximum absolute atomic E-state index is 11.5. The summed E-state index contributed by atoms with van der Waals surface area (Å²) in [5.74, 6) is 0.215. The number of nitrogens with zero attached hydrogens (tertiary/aromatic N) is 2. The lowest BCUT2D eigenvalue weighted by Crippen LogP contribution is -2.26. The average molecular weight is 342 g/mol. The zero-order valence-corrected chi connectivity index (χ0v) is 13.9. The Labute approximate surface area is 142 Å². The van der Waals surface area contributed by atoms with Crippen LogP contribution in [0.2, 0.25) is 0 Å². The van der Waals surface area contributed by atoms with Crippen molar-refractivity contribution in [3.8, 4) is 0 Å². The third kappa shape index (κ3) is 3.05. The van der Waals surface area contributed by atoms with Crippen molar-refractivity contribution < 1.29 is 0 Å². The molecular weight excluding hydrogens is 324 g/mol. The first-order valence-electron chi connectivity index (χ1n) is 8.08. The molecule has 1 aliphatic heterocycles. The molecule has 3 heterocycles. The Morgan fingerprint density at radius 1 is 1.25 bits per heavy atom. The predicted molar refractivity (Wildman–Crippen MR) is 94.8 cm³/mol. The number of fused-ring (bicyclic) bond motifs is 1. The van der Waals surface area contributed by atoms with Crippen LogP contribution in [0.4, 0.5) is 0 Å². The van der Waals surface area contributed by atoms with Crippen LogP contribution in [-0.2, 0) is 6.42 Å². The second-order valence-corrected chi connectivity index (χ2v) is 7.01. The van der Waals surface area contributed by atoms with E-state index in [9.17, 15) is 9.59 Å². The molecule has 0 bridgehead atoms. The fourth-order valence-electron chi connectivity index (χ4n) is 3.38. The van der Waals surface area contributed by atoms with Gasteiger partial charge in [0.25, 0.3) is 5.56 Å². The number of hydrogen-bond donors (Lipinski definition) is 2. The second-order valence-electron chi connectivity index (χ2n) is 6.20. The average Bonchev–Trinajstić information content (AvgIpc) is 3.19. The molecule has 1 fully saturated rings. The molecule has 1 atom stereocenters. The zero-order valence-electron chi connectivity index (χ0n) is 13.1. The molecule has 2 N–H and O–H groups in total. The van der Waals surface area contributed by atoms with Crippen LogP contribution >= 0.6 is 11.5 Å². The van der Waals surface area contributed by atoms with Gasteiger partial charge in [-0.3, -0.25) is 9.78 Å². The summed E-state index contributed by atoms with van der Waals surface area (Å²) in [7, 11) is 0. The Balaban J connectivity index is 1.42. The summed E-state index contributed by atoms with van der Waals surface area (Å²) in [6.07, 6.45) is 1.87. The van der Waals surface area contributed by atoms with Crippen LogP contribution in [0, 0.1) is 0 Å². The predicted octanol–water partition coefficient (Wildman–Crippen LogP) is 1.70. The van der Waals surface area contributed by atoms with Gasteiger partial charge in [-0.25, -0.2) is 4.79 Å². The molecule has 3 aromatic rings. The van der Waals surface area contributed by atoms with Gasteiger partial charge in [-0.2, -0.15) is 4.37 Å². The van der Waals surface area contributed by atoms with Crippen LogP contribution in [0.25, 0.3) is 10.1 Å². The SMILES string of the molecule is O=c1cc(C2CCN(CCc3nsc4ccccc34)C2)[nH]c(=O)[nH]1. The fraction of sp³-hybridized carbons (Fsp3) is 0.353. The number of rotatable bonds is 4. The minimum absolute atomic E-state index is 0.215. The van der Waals surface area contributed by atoms with Crippen molar-refractivity contribution in [2.75, 3.05) is 19.6 Å². The highest BCUT2D eigenvalue weighted by Gasteiger charge is 2.25. The van der Waals surface area contributed by atoms with Crippen LogP contribution < -0.4 is 11.2 Å². The summed E-state index contributed by atoms with van der Waals surface area (Å²) in [6.45, 7) is 2.78. The van der Waals surface area contributed by atoms with Crippen molar-refractivity contribution in [1.29, 1.82) is 0 Å². The number of aromatic amines is 2. The Morgan fingerprint density at radius 3 is 3.00 bits per heavy atom. The Bertz CT molecular complexity index is 946. The van der Waals surface area contributed by atoms with E-state index in [1.165, 1.54) is 16.2 Å². The third-order valence-corrected chi connectivity index (χ3v) is 5.47. The number of likely N-dealkylation sites (tertiary alicyclic amines) is 1. The Morgan fingerprint density at radius 2 is 2.12 bits per heavy atom. The first kappa shape index (κ1) is 15.3. The molecule has 0 saturated carbocycles. The van der Waals surface area contributed by atoms with Gasteiger partial charge in [-0.1, -0.05) is 18.2 Å². The van der Waals surface area contributed by atoms with Crippen LogP contribution in [0.15, 0.2) is 39.9 Å². The lowest BCUT2D eigenvalue weighted by Gasteiger charge is -2.15. The van der Waals surface area contributed by atoms with Gasteiger partial charge in [0.15, 0.2) is 0 Å². The molecule has 24 heavy (non-hydrogen) atoms. The van der Waals surface area contributed by atoms with E-state index in [0.29, 0.717) is 0 Å². The first-order valence-corrected chi connectivity index (χ1v) is 8.85. The van der Waals surface area contributed by atoms with Crippen molar-refractivity contribution in [1.82, 2.24) is 19.2 Å². The van der Waals surface area contributed by atoms with Crippen LogP contribution in [0.5, 0.6) is 0 Å². The molecule has 1 aliphatic rings. The van der Waals surface area contributed by atoms with E-state index in [4.69, 9.17) is 0 Å². The van der Waals surface area contributed by atoms with E-state index in [-0.39, 0.29) is 11.5 Å². The third-order valence-electron chi connectivity index (χ3n) is 4.61. The molecule has 1 aromatic carbocycles. The highest BCUT2D eigenvalue weighted by atomic mass is 32.1. The normalized spacial score (nSPS) is 18.4. The molecule has 7 heteroatoms. The van der Waals surface area contributed by atoms with Gasteiger partial charge in [0, 0.05) is 42.6 Å². The van der Waals surface area contributed by atoms with Crippen LogP contribution in [0.1, 0.15) is 23.7 Å². The van der Waals surface area contributed by atoms with Crippen molar-refractivity contribution in [2.24, 2.45) is 0 Å². The largest absolute Gasteiger partial charge is 0.325 e. The Hall–Kier alpha value is -2.25. The molecular formula is C17H18N4O2S. The van der Waals surface area contributed by atoms with Crippen molar-refractivity contribution in [3.05, 3.63) is 62.6 Å². The van der Waals surface area contributed by atoms with Gasteiger partial charge in [0.2, 0.25) is 0 Å². The zero-order chi connectivity index (χ0) is 16.5. The van der Waals surface area contributed by atoms with E-state index >= 15 is 0 Å². The van der Waals surface area contributed by atoms with Crippen molar-refractivity contribution in [3.63, 3.8) is 0 Å². The summed E-state index contributed by atoms with van der Waals surface area (Å²) in [5, 5.41) is 1.25. The van der Waals surface area contributed by atoms with E-state index in [1.54, 1.807) is 11.5 Å². The topological polar surface area (TPSA) is 81.8 Å². The maximum atomic E-state index is 11.5. The summed E-state index contributed by atoms with van der Waals surface area (Å²) in [4.78, 5) is 30.2. The standard InChI is InChI=1S/C17H18N4O2S/c22-16-9-14(18-17(23)19-16)11-5-7-21(10-11)8-6-13-12-3-1-2-4-15(12)24-20-13/h1-4,9,11H,5-8,10H2,(H2,18,19,22,23). The van der Waals surface area contributed by atoms with Crippen LogP contribution in [-0.4, -0.2) is 38.9 Å². The van der Waals surface area contributed by atoms with Gasteiger partial charge in [-0.05, 0) is 30.6 Å². The summed E-state index contributed by atoms with van der Waals surface area (Å²) < 4.78 is 5.81. The van der Waals surface area contributed by atoms with Crippen molar-refractivity contribution in [2.45, 2.75) is 18.8 Å². The van der Waals surface area contributed by atoms with Gasteiger partial charge >= 0.3 is 5.69 Å². The van der Waals surface area contributed by atoms with E-state index in [0.717, 1.165) is 43.9 Å². The number of hydrogen-bond acceptors (Lipinski definition) is 5. The highest BCUT2D eigenvalue weighted by Crippen LogP contribution is 2.26. The second kappa shape index (κ2) is 6.33. The molecule has 0 spiro atoms. The number of benzene rings is 1. The molecule has 2 aromatic heterocycles. The summed E-state index contributed by atoms with van der Waals surface area (Å²) in [6, 6.07) is 9.82. The highest BCUT2D eigenvalue weighted by molar-refractivity contribution is 7.13. The van der Waals surface area contributed by atoms with Gasteiger partial charge < -0.3 is 9.88 Å². The van der Waals surface area contributed by atoms with E-state index in [1.807, 2.05) is 6.07 Å². The van der Waals surface area contributed by atoms with E-state index < -0.39 is 5.69 Å². The molecule has 0 aliphatic carbocycles. The maximum Gasteiger partial charge on any atom is 0.325 e. The quantitative estimate of drug-likeness (QED) is 0.756. The molecule has 124 valence electrons. The minimum Gasteiger partial charge on any atom is -0.311 e. The monoisotopic (exact) mass is 342 g/mol. The summed E-state index contributed by atoms with van der Waals surface area (Å²) in [5.41, 5.74) is 1.14. The smallest absolute Gasteiger partial charge is 0.311 e. The Kier molecular flexibility index (Phi) is 4.03. The van der Waals surface area contributed by atoms with Gasteiger partial charge in [0.05, 0.1) is 10.4 Å². The lowest BCUT2D eigenvalue weighted by molar-refractivity contribution is 0.338. The molecule has 0 amide bonds.